The average molecular weight is 293 g/mol. The maximum absolute atomic E-state index is 13.6. The molecule has 0 radical (unpaired) electrons. The molecule has 0 fully saturated rings. The number of nitrogens with one attached hydrogen (secondary N) is 1. The number of hydrogen-bond donors (Lipinski definition) is 1. The van der Waals surface area contributed by atoms with Gasteiger partial charge in [-0.1, -0.05) is 0 Å². The number of benzene rings is 1. The molecule has 0 aliphatic rings. The predicted molar refractivity (Wildman–Crippen MR) is 65.3 cm³/mol. The summed E-state index contributed by atoms with van der Waals surface area (Å²) < 4.78 is 26.8. The van der Waals surface area contributed by atoms with E-state index in [4.69, 9.17) is 11.6 Å². The van der Waals surface area contributed by atoms with Gasteiger partial charge in [-0.3, -0.25) is 14.9 Å². The normalized spacial score (nSPS) is 12.0. The third-order valence-corrected chi connectivity index (χ3v) is 2.51. The summed E-state index contributed by atoms with van der Waals surface area (Å²) in [7, 11) is 0. The van der Waals surface area contributed by atoms with E-state index >= 15 is 0 Å². The first-order valence-electron chi connectivity index (χ1n) is 5.38. The molecule has 0 saturated carbocycles. The van der Waals surface area contributed by atoms with Crippen LogP contribution in [0.2, 0.25) is 0 Å². The molecule has 1 rings (SSSR count). The summed E-state index contributed by atoms with van der Waals surface area (Å²) >= 11 is 5.66. The van der Waals surface area contributed by atoms with Crippen LogP contribution < -0.4 is 5.32 Å². The quantitative estimate of drug-likeness (QED) is 0.515. The Hall–Kier alpha value is -1.76. The number of amides is 1. The van der Waals surface area contributed by atoms with E-state index in [0.717, 1.165) is 0 Å². The van der Waals surface area contributed by atoms with Crippen LogP contribution >= 0.6 is 11.6 Å². The van der Waals surface area contributed by atoms with Gasteiger partial charge in [0.1, 0.15) is 5.82 Å². The van der Waals surface area contributed by atoms with Gasteiger partial charge in [-0.15, -0.1) is 11.6 Å². The number of rotatable bonds is 5. The van der Waals surface area contributed by atoms with Crippen LogP contribution in [-0.2, 0) is 0 Å². The highest BCUT2D eigenvalue weighted by atomic mass is 35.5. The molecule has 19 heavy (non-hydrogen) atoms. The van der Waals surface area contributed by atoms with Crippen molar-refractivity contribution < 1.29 is 18.5 Å². The fraction of sp³-hybridized carbons (Fsp3) is 0.364. The fourth-order valence-electron chi connectivity index (χ4n) is 1.35. The number of nitro groups is 1. The summed E-state index contributed by atoms with van der Waals surface area (Å²) in [4.78, 5) is 21.0. The molecule has 0 heterocycles. The molecule has 0 aromatic heterocycles. The van der Waals surface area contributed by atoms with Crippen molar-refractivity contribution in [2.45, 2.75) is 18.7 Å². The summed E-state index contributed by atoms with van der Waals surface area (Å²) in [6, 6.07) is 1.04. The fourth-order valence-corrected chi connectivity index (χ4v) is 1.46. The van der Waals surface area contributed by atoms with Gasteiger partial charge in [0.05, 0.1) is 16.6 Å². The zero-order chi connectivity index (χ0) is 14.6. The SMILES string of the molecule is CC(Cl)CCNC(=O)c1cc(F)cc([N+](=O)[O-])c1F. The van der Waals surface area contributed by atoms with Crippen molar-refractivity contribution >= 4 is 23.2 Å². The lowest BCUT2D eigenvalue weighted by Gasteiger charge is -2.07. The molecule has 1 unspecified atom stereocenters. The van der Waals surface area contributed by atoms with Crippen molar-refractivity contribution in [3.63, 3.8) is 0 Å². The van der Waals surface area contributed by atoms with Gasteiger partial charge in [-0.25, -0.2) is 4.39 Å². The van der Waals surface area contributed by atoms with Gasteiger partial charge >= 0.3 is 5.69 Å². The predicted octanol–water partition coefficient (Wildman–Crippen LogP) is 2.62. The molecular weight excluding hydrogens is 282 g/mol. The smallest absolute Gasteiger partial charge is 0.308 e. The van der Waals surface area contributed by atoms with E-state index in [2.05, 4.69) is 5.32 Å². The van der Waals surface area contributed by atoms with E-state index in [1.54, 1.807) is 6.92 Å². The molecule has 8 heteroatoms. The van der Waals surface area contributed by atoms with Gasteiger partial charge in [-0.05, 0) is 19.4 Å². The molecule has 1 N–H and O–H groups in total. The molecule has 0 aliphatic carbocycles. The minimum Gasteiger partial charge on any atom is -0.352 e. The maximum Gasteiger partial charge on any atom is 0.308 e. The number of halogens is 3. The zero-order valence-electron chi connectivity index (χ0n) is 9.95. The van der Waals surface area contributed by atoms with E-state index in [-0.39, 0.29) is 11.9 Å². The molecule has 1 atom stereocenters. The van der Waals surface area contributed by atoms with E-state index in [1.807, 2.05) is 0 Å². The van der Waals surface area contributed by atoms with E-state index in [1.165, 1.54) is 0 Å². The Labute approximate surface area is 112 Å². The van der Waals surface area contributed by atoms with Crippen LogP contribution in [0.1, 0.15) is 23.7 Å². The van der Waals surface area contributed by atoms with Gasteiger partial charge in [0, 0.05) is 11.9 Å². The summed E-state index contributed by atoms with van der Waals surface area (Å²) in [6.45, 7) is 1.87. The lowest BCUT2D eigenvalue weighted by molar-refractivity contribution is -0.387. The minimum absolute atomic E-state index is 0.160. The highest BCUT2D eigenvalue weighted by Crippen LogP contribution is 2.22. The van der Waals surface area contributed by atoms with Gasteiger partial charge in [0.2, 0.25) is 5.82 Å². The van der Waals surface area contributed by atoms with Gasteiger partial charge in [0.15, 0.2) is 0 Å². The molecule has 104 valence electrons. The Kier molecular flexibility index (Phi) is 5.17. The standard InChI is InChI=1S/C11H11ClF2N2O3/c1-6(12)2-3-15-11(17)8-4-7(13)5-9(10(8)14)16(18)19/h4-6H,2-3H2,1H3,(H,15,17). The van der Waals surface area contributed by atoms with Crippen LogP contribution in [0.5, 0.6) is 0 Å². The lowest BCUT2D eigenvalue weighted by Crippen LogP contribution is -2.27. The van der Waals surface area contributed by atoms with Crippen molar-refractivity contribution in [1.29, 1.82) is 0 Å². The van der Waals surface area contributed by atoms with Gasteiger partial charge in [0.25, 0.3) is 5.91 Å². The second-order valence-electron chi connectivity index (χ2n) is 3.87. The summed E-state index contributed by atoms with van der Waals surface area (Å²) in [5.74, 6) is -3.33. The van der Waals surface area contributed by atoms with Crippen LogP contribution in [0, 0.1) is 21.7 Å². The first kappa shape index (κ1) is 15.3. The monoisotopic (exact) mass is 292 g/mol. The molecule has 1 amide bonds. The van der Waals surface area contributed by atoms with E-state index in [9.17, 15) is 23.7 Å². The third-order valence-electron chi connectivity index (χ3n) is 2.29. The van der Waals surface area contributed by atoms with Crippen LogP contribution in [0.15, 0.2) is 12.1 Å². The van der Waals surface area contributed by atoms with Crippen molar-refractivity contribution in [3.05, 3.63) is 39.4 Å². The lowest BCUT2D eigenvalue weighted by atomic mass is 10.1. The van der Waals surface area contributed by atoms with Gasteiger partial charge in [-0.2, -0.15) is 4.39 Å². The Morgan fingerprint density at radius 3 is 2.68 bits per heavy atom. The number of carbonyl (C=O) groups excluding carboxylic acids is 1. The molecule has 1 aromatic carbocycles. The minimum atomic E-state index is -1.36. The second kappa shape index (κ2) is 6.42. The summed E-state index contributed by atoms with van der Waals surface area (Å²) in [6.07, 6.45) is 0.437. The first-order valence-corrected chi connectivity index (χ1v) is 5.82. The zero-order valence-corrected chi connectivity index (χ0v) is 10.7. The van der Waals surface area contributed by atoms with Crippen LogP contribution in [-0.4, -0.2) is 22.8 Å². The number of alkyl halides is 1. The molecule has 0 bridgehead atoms. The van der Waals surface area contributed by atoms with Crippen molar-refractivity contribution in [2.24, 2.45) is 0 Å². The van der Waals surface area contributed by atoms with Crippen molar-refractivity contribution in [2.75, 3.05) is 6.54 Å². The van der Waals surface area contributed by atoms with Crippen LogP contribution in [0.4, 0.5) is 14.5 Å². The second-order valence-corrected chi connectivity index (χ2v) is 4.61. The maximum atomic E-state index is 13.6. The van der Waals surface area contributed by atoms with Gasteiger partial charge < -0.3 is 5.32 Å². The van der Waals surface area contributed by atoms with Crippen molar-refractivity contribution in [3.8, 4) is 0 Å². The summed E-state index contributed by atoms with van der Waals surface area (Å²) in [5, 5.41) is 12.6. The molecule has 0 spiro atoms. The van der Waals surface area contributed by atoms with Crippen molar-refractivity contribution in [1.82, 2.24) is 5.32 Å². The Morgan fingerprint density at radius 2 is 2.16 bits per heavy atom. The first-order chi connectivity index (χ1) is 8.82. The van der Waals surface area contributed by atoms with E-state index in [0.29, 0.717) is 18.6 Å². The Morgan fingerprint density at radius 1 is 1.53 bits per heavy atom. The summed E-state index contributed by atoms with van der Waals surface area (Å²) in [5.41, 5.74) is -1.77. The number of nitro benzene ring substituents is 1. The molecule has 1 aromatic rings. The van der Waals surface area contributed by atoms with E-state index < -0.39 is 33.7 Å². The Bertz CT molecular complexity index is 509. The number of nitrogens with zero attached hydrogens (tertiary/aromatic N) is 1. The third kappa shape index (κ3) is 4.13. The molecular formula is C11H11ClF2N2O3. The Balaban J connectivity index is 2.94. The largest absolute Gasteiger partial charge is 0.352 e. The highest BCUT2D eigenvalue weighted by Gasteiger charge is 2.23. The number of carbonyl (C=O) groups is 1. The van der Waals surface area contributed by atoms with Crippen LogP contribution in [0.25, 0.3) is 0 Å². The topological polar surface area (TPSA) is 72.2 Å². The molecule has 0 aliphatic heterocycles. The highest BCUT2D eigenvalue weighted by molar-refractivity contribution is 6.20. The molecule has 0 saturated heterocycles. The molecule has 5 nitrogen and oxygen atoms in total. The van der Waals surface area contributed by atoms with Crippen LogP contribution in [0.3, 0.4) is 0 Å². The number of hydrogen-bond acceptors (Lipinski definition) is 3. The average Bonchev–Trinajstić information content (AvgIpc) is 2.30.